The lowest BCUT2D eigenvalue weighted by molar-refractivity contribution is -0.0104. The molecule has 120 valence electrons. The van der Waals surface area contributed by atoms with Gasteiger partial charge in [-0.2, -0.15) is 0 Å². The van der Waals surface area contributed by atoms with E-state index in [4.69, 9.17) is 4.74 Å². The van der Waals surface area contributed by atoms with Crippen LogP contribution < -0.4 is 0 Å². The highest BCUT2D eigenvalue weighted by Gasteiger charge is 2.53. The summed E-state index contributed by atoms with van der Waals surface area (Å²) >= 11 is 0. The zero-order valence-corrected chi connectivity index (χ0v) is 13.5. The van der Waals surface area contributed by atoms with E-state index in [1.54, 1.807) is 17.3 Å². The number of pyridine rings is 1. The van der Waals surface area contributed by atoms with Crippen molar-refractivity contribution in [1.82, 2.24) is 9.88 Å². The number of amides is 1. The summed E-state index contributed by atoms with van der Waals surface area (Å²) in [7, 11) is 0. The molecule has 0 aromatic carbocycles. The van der Waals surface area contributed by atoms with E-state index in [9.17, 15) is 9.90 Å². The van der Waals surface area contributed by atoms with Crippen molar-refractivity contribution < 1.29 is 14.6 Å². The van der Waals surface area contributed by atoms with Crippen LogP contribution in [0.5, 0.6) is 0 Å². The van der Waals surface area contributed by atoms with E-state index in [0.29, 0.717) is 19.0 Å². The van der Waals surface area contributed by atoms with Crippen molar-refractivity contribution in [2.24, 2.45) is 11.8 Å². The van der Waals surface area contributed by atoms with E-state index in [0.717, 1.165) is 18.4 Å². The number of nitrogens with zero attached hydrogens (tertiary/aromatic N) is 2. The summed E-state index contributed by atoms with van der Waals surface area (Å²) in [5.74, 6) is 0.391. The Morgan fingerprint density at radius 1 is 1.45 bits per heavy atom. The summed E-state index contributed by atoms with van der Waals surface area (Å²) in [4.78, 5) is 18.1. The first-order valence-electron chi connectivity index (χ1n) is 7.90. The van der Waals surface area contributed by atoms with E-state index >= 15 is 0 Å². The number of likely N-dealkylation sites (tertiary alicyclic amines) is 1. The molecule has 22 heavy (non-hydrogen) atoms. The Balaban J connectivity index is 1.75. The summed E-state index contributed by atoms with van der Waals surface area (Å²) in [5.41, 5.74) is -0.516. The fourth-order valence-electron chi connectivity index (χ4n) is 3.75. The molecule has 1 aromatic heterocycles. The molecule has 1 unspecified atom stereocenters. The summed E-state index contributed by atoms with van der Waals surface area (Å²) in [5, 5.41) is 11.1. The number of carbonyl (C=O) groups is 1. The van der Waals surface area contributed by atoms with E-state index < -0.39 is 11.2 Å². The molecule has 0 radical (unpaired) electrons. The zero-order valence-electron chi connectivity index (χ0n) is 13.5. The lowest BCUT2D eigenvalue weighted by Gasteiger charge is -2.30. The maximum atomic E-state index is 12.2. The Morgan fingerprint density at radius 2 is 2.23 bits per heavy atom. The topological polar surface area (TPSA) is 62.7 Å². The van der Waals surface area contributed by atoms with Crippen LogP contribution in [0.1, 0.15) is 39.2 Å². The molecule has 1 saturated carbocycles. The summed E-state index contributed by atoms with van der Waals surface area (Å²) in [6.45, 7) is 6.82. The van der Waals surface area contributed by atoms with Crippen LogP contribution in [0.2, 0.25) is 0 Å². The van der Waals surface area contributed by atoms with E-state index in [-0.39, 0.29) is 12.0 Å². The Bertz CT molecular complexity index is 555. The zero-order chi connectivity index (χ0) is 16.0. The molecule has 1 aromatic rings. The van der Waals surface area contributed by atoms with Crippen LogP contribution in [-0.2, 0) is 10.3 Å². The number of aromatic nitrogens is 1. The van der Waals surface area contributed by atoms with E-state index in [2.05, 4.69) is 4.98 Å². The quantitative estimate of drug-likeness (QED) is 0.866. The van der Waals surface area contributed by atoms with Crippen molar-refractivity contribution in [3.63, 3.8) is 0 Å². The van der Waals surface area contributed by atoms with Gasteiger partial charge in [0.1, 0.15) is 5.60 Å². The third-order valence-corrected chi connectivity index (χ3v) is 4.76. The average molecular weight is 304 g/mol. The molecule has 1 N–H and O–H groups in total. The summed E-state index contributed by atoms with van der Waals surface area (Å²) in [6, 6.07) is 3.77. The van der Waals surface area contributed by atoms with Crippen LogP contribution in [0.4, 0.5) is 4.79 Å². The van der Waals surface area contributed by atoms with Crippen LogP contribution in [0.25, 0.3) is 0 Å². The number of rotatable bonds is 1. The molecule has 1 aliphatic carbocycles. The van der Waals surface area contributed by atoms with Crippen molar-refractivity contribution in [1.29, 1.82) is 0 Å². The predicted molar refractivity (Wildman–Crippen MR) is 82.2 cm³/mol. The Kier molecular flexibility index (Phi) is 3.63. The molecule has 5 nitrogen and oxygen atoms in total. The lowest BCUT2D eigenvalue weighted by atomic mass is 9.83. The second kappa shape index (κ2) is 5.23. The number of ether oxygens (including phenoxy) is 1. The van der Waals surface area contributed by atoms with Gasteiger partial charge in [-0.3, -0.25) is 4.98 Å². The number of hydrogen-bond donors (Lipinski definition) is 1. The van der Waals surface area contributed by atoms with Gasteiger partial charge in [0, 0.05) is 37.0 Å². The molecule has 5 heteroatoms. The molecular formula is C17H24N2O3. The van der Waals surface area contributed by atoms with Crippen molar-refractivity contribution in [2.45, 2.75) is 44.8 Å². The second-order valence-corrected chi connectivity index (χ2v) is 7.46. The summed E-state index contributed by atoms with van der Waals surface area (Å²) < 4.78 is 5.45. The Hall–Kier alpha value is -1.62. The fourth-order valence-corrected chi connectivity index (χ4v) is 3.75. The third kappa shape index (κ3) is 2.70. The monoisotopic (exact) mass is 304 g/mol. The van der Waals surface area contributed by atoms with E-state index in [1.165, 1.54) is 0 Å². The van der Waals surface area contributed by atoms with Crippen molar-refractivity contribution in [2.75, 3.05) is 13.1 Å². The first kappa shape index (κ1) is 15.3. The van der Waals surface area contributed by atoms with Gasteiger partial charge in [0.05, 0.1) is 5.60 Å². The molecule has 1 amide bonds. The van der Waals surface area contributed by atoms with Gasteiger partial charge in [-0.1, -0.05) is 6.07 Å². The van der Waals surface area contributed by atoms with Crippen molar-refractivity contribution >= 4 is 6.09 Å². The minimum atomic E-state index is -0.879. The van der Waals surface area contributed by atoms with Gasteiger partial charge in [0.25, 0.3) is 0 Å². The maximum absolute atomic E-state index is 12.2. The fraction of sp³-hybridized carbons (Fsp3) is 0.647. The van der Waals surface area contributed by atoms with Crippen LogP contribution in [0, 0.1) is 11.8 Å². The van der Waals surface area contributed by atoms with Gasteiger partial charge in [0.15, 0.2) is 0 Å². The van der Waals surface area contributed by atoms with Gasteiger partial charge in [-0.05, 0) is 45.6 Å². The largest absolute Gasteiger partial charge is 0.444 e. The molecule has 0 bridgehead atoms. The predicted octanol–water partition coefficient (Wildman–Crippen LogP) is 2.55. The molecule has 1 aliphatic heterocycles. The van der Waals surface area contributed by atoms with Crippen LogP contribution in [-0.4, -0.2) is 39.8 Å². The third-order valence-electron chi connectivity index (χ3n) is 4.76. The first-order valence-corrected chi connectivity index (χ1v) is 7.90. The SMILES string of the molecule is CC(C)(C)OC(=O)N1C[C@@H]2CCC(O)(c3cccnc3)[C@@H]2C1. The van der Waals surface area contributed by atoms with E-state index in [1.807, 2.05) is 32.9 Å². The second-order valence-electron chi connectivity index (χ2n) is 7.46. The molecular weight excluding hydrogens is 280 g/mol. The van der Waals surface area contributed by atoms with Gasteiger partial charge in [-0.25, -0.2) is 4.79 Å². The number of hydrogen-bond acceptors (Lipinski definition) is 4. The number of carbonyl (C=O) groups excluding carboxylic acids is 1. The van der Waals surface area contributed by atoms with Gasteiger partial charge in [-0.15, -0.1) is 0 Å². The molecule has 2 fully saturated rings. The normalized spacial score (nSPS) is 31.2. The van der Waals surface area contributed by atoms with Crippen LogP contribution >= 0.6 is 0 Å². The van der Waals surface area contributed by atoms with Crippen molar-refractivity contribution in [3.8, 4) is 0 Å². The number of aliphatic hydroxyl groups is 1. The molecule has 3 atom stereocenters. The smallest absolute Gasteiger partial charge is 0.410 e. The standard InChI is InChI=1S/C17H24N2O3/c1-16(2,3)22-15(20)19-10-12-6-7-17(21,14(12)11-19)13-5-4-8-18-9-13/h4-5,8-9,12,14,21H,6-7,10-11H2,1-3H3/t12-,14+,17?/m0/s1. The van der Waals surface area contributed by atoms with Gasteiger partial charge < -0.3 is 14.7 Å². The van der Waals surface area contributed by atoms with Gasteiger partial charge >= 0.3 is 6.09 Å². The van der Waals surface area contributed by atoms with Gasteiger partial charge in [0.2, 0.25) is 0 Å². The Labute approximate surface area is 131 Å². The minimum absolute atomic E-state index is 0.0595. The molecule has 2 aliphatic rings. The molecule has 0 spiro atoms. The lowest BCUT2D eigenvalue weighted by Crippen LogP contribution is -2.39. The highest BCUT2D eigenvalue weighted by molar-refractivity contribution is 5.68. The maximum Gasteiger partial charge on any atom is 0.410 e. The first-order chi connectivity index (χ1) is 10.3. The van der Waals surface area contributed by atoms with Crippen molar-refractivity contribution in [3.05, 3.63) is 30.1 Å². The van der Waals surface area contributed by atoms with Crippen LogP contribution in [0.3, 0.4) is 0 Å². The minimum Gasteiger partial charge on any atom is -0.444 e. The highest BCUT2D eigenvalue weighted by Crippen LogP contribution is 2.50. The number of fused-ring (bicyclic) bond motifs is 1. The molecule has 1 saturated heterocycles. The average Bonchev–Trinajstić information content (AvgIpc) is 3.00. The Morgan fingerprint density at radius 3 is 2.86 bits per heavy atom. The molecule has 3 rings (SSSR count). The van der Waals surface area contributed by atoms with Crippen LogP contribution in [0.15, 0.2) is 24.5 Å². The highest BCUT2D eigenvalue weighted by atomic mass is 16.6. The molecule has 2 heterocycles. The summed E-state index contributed by atoms with van der Waals surface area (Å²) in [6.07, 6.45) is 4.82.